The van der Waals surface area contributed by atoms with Crippen LogP contribution >= 0.6 is 23.4 Å². The lowest BCUT2D eigenvalue weighted by Gasteiger charge is -2.05. The molecule has 0 amide bonds. The van der Waals surface area contributed by atoms with Gasteiger partial charge in [0.15, 0.2) is 5.16 Å². The van der Waals surface area contributed by atoms with Gasteiger partial charge in [0.25, 0.3) is 0 Å². The van der Waals surface area contributed by atoms with E-state index in [0.717, 1.165) is 0 Å². The van der Waals surface area contributed by atoms with Gasteiger partial charge >= 0.3 is 0 Å². The minimum atomic E-state index is 0.386. The molecule has 78 valence electrons. The SMILES string of the molecule is COCCOc1cc(Cl)nc(SC)n1. The maximum atomic E-state index is 5.77. The first-order valence-electron chi connectivity index (χ1n) is 3.96. The predicted molar refractivity (Wildman–Crippen MR) is 56.2 cm³/mol. The van der Waals surface area contributed by atoms with Gasteiger partial charge in [0.2, 0.25) is 5.88 Å². The third kappa shape index (κ3) is 3.69. The van der Waals surface area contributed by atoms with E-state index in [9.17, 15) is 0 Å². The molecular weight excluding hydrogens is 224 g/mol. The zero-order valence-corrected chi connectivity index (χ0v) is 9.56. The highest BCUT2D eigenvalue weighted by Gasteiger charge is 2.02. The fourth-order valence-electron chi connectivity index (χ4n) is 0.772. The summed E-state index contributed by atoms with van der Waals surface area (Å²) in [4.78, 5) is 8.10. The lowest BCUT2D eigenvalue weighted by atomic mass is 10.6. The van der Waals surface area contributed by atoms with E-state index < -0.39 is 0 Å². The molecule has 4 nitrogen and oxygen atoms in total. The van der Waals surface area contributed by atoms with Gasteiger partial charge < -0.3 is 9.47 Å². The Morgan fingerprint density at radius 1 is 1.43 bits per heavy atom. The fraction of sp³-hybridized carbons (Fsp3) is 0.500. The fourth-order valence-corrected chi connectivity index (χ4v) is 1.37. The third-order valence-electron chi connectivity index (χ3n) is 1.37. The van der Waals surface area contributed by atoms with E-state index in [-0.39, 0.29) is 0 Å². The normalized spacial score (nSPS) is 10.2. The topological polar surface area (TPSA) is 44.2 Å². The van der Waals surface area contributed by atoms with Gasteiger partial charge in [0.1, 0.15) is 11.8 Å². The van der Waals surface area contributed by atoms with Crippen molar-refractivity contribution >= 4 is 23.4 Å². The van der Waals surface area contributed by atoms with Crippen molar-refractivity contribution in [2.75, 3.05) is 26.6 Å². The van der Waals surface area contributed by atoms with Crippen LogP contribution in [0.3, 0.4) is 0 Å². The van der Waals surface area contributed by atoms with Gasteiger partial charge in [-0.05, 0) is 6.26 Å². The molecule has 14 heavy (non-hydrogen) atoms. The van der Waals surface area contributed by atoms with Crippen molar-refractivity contribution < 1.29 is 9.47 Å². The highest BCUT2D eigenvalue weighted by atomic mass is 35.5. The van der Waals surface area contributed by atoms with Crippen molar-refractivity contribution in [1.29, 1.82) is 0 Å². The van der Waals surface area contributed by atoms with Crippen LogP contribution in [0.2, 0.25) is 5.15 Å². The Balaban J connectivity index is 2.62. The number of nitrogens with zero attached hydrogens (tertiary/aromatic N) is 2. The summed E-state index contributed by atoms with van der Waals surface area (Å²) >= 11 is 7.18. The maximum absolute atomic E-state index is 5.77. The minimum Gasteiger partial charge on any atom is -0.475 e. The molecule has 0 radical (unpaired) electrons. The van der Waals surface area contributed by atoms with Crippen LogP contribution in [0, 0.1) is 0 Å². The minimum absolute atomic E-state index is 0.386. The van der Waals surface area contributed by atoms with Crippen LogP contribution in [0.4, 0.5) is 0 Å². The summed E-state index contributed by atoms with van der Waals surface area (Å²) in [6.07, 6.45) is 1.88. The molecule has 0 aromatic carbocycles. The largest absolute Gasteiger partial charge is 0.475 e. The Labute approximate surface area is 92.0 Å². The number of aromatic nitrogens is 2. The maximum Gasteiger partial charge on any atom is 0.218 e. The standard InChI is InChI=1S/C8H11ClN2O2S/c1-12-3-4-13-7-5-6(9)10-8(11-7)14-2/h5H,3-4H2,1-2H3. The molecule has 0 spiro atoms. The number of hydrogen-bond donors (Lipinski definition) is 0. The Bertz CT molecular complexity index is 299. The number of thioether (sulfide) groups is 1. The lowest BCUT2D eigenvalue weighted by molar-refractivity contribution is 0.143. The monoisotopic (exact) mass is 234 g/mol. The summed E-state index contributed by atoms with van der Waals surface area (Å²) in [7, 11) is 1.61. The van der Waals surface area contributed by atoms with Gasteiger partial charge in [-0.2, -0.15) is 4.98 Å². The van der Waals surface area contributed by atoms with Crippen molar-refractivity contribution in [3.05, 3.63) is 11.2 Å². The summed E-state index contributed by atoms with van der Waals surface area (Å²) in [6.45, 7) is 0.980. The molecule has 0 unspecified atom stereocenters. The summed E-state index contributed by atoms with van der Waals surface area (Å²) in [5.41, 5.74) is 0. The summed E-state index contributed by atoms with van der Waals surface area (Å²) in [6, 6.07) is 1.58. The molecule has 0 aliphatic rings. The summed E-state index contributed by atoms with van der Waals surface area (Å²) in [5, 5.41) is 0.988. The average Bonchev–Trinajstić information content (AvgIpc) is 2.17. The van der Waals surface area contributed by atoms with Crippen LogP contribution in [0.5, 0.6) is 5.88 Å². The molecule has 0 saturated carbocycles. The molecule has 0 aliphatic carbocycles. The van der Waals surface area contributed by atoms with E-state index in [0.29, 0.717) is 29.4 Å². The van der Waals surface area contributed by atoms with Crippen molar-refractivity contribution in [3.8, 4) is 5.88 Å². The first kappa shape index (κ1) is 11.6. The number of hydrogen-bond acceptors (Lipinski definition) is 5. The van der Waals surface area contributed by atoms with Gasteiger partial charge in [-0.15, -0.1) is 0 Å². The van der Waals surface area contributed by atoms with Gasteiger partial charge in [-0.3, -0.25) is 0 Å². The summed E-state index contributed by atoms with van der Waals surface area (Å²) in [5.74, 6) is 0.478. The van der Waals surface area contributed by atoms with Crippen LogP contribution in [-0.4, -0.2) is 36.5 Å². The molecule has 1 rings (SSSR count). The van der Waals surface area contributed by atoms with E-state index in [1.807, 2.05) is 6.26 Å². The second-order valence-corrected chi connectivity index (χ2v) is 3.52. The van der Waals surface area contributed by atoms with E-state index in [1.165, 1.54) is 11.8 Å². The lowest BCUT2D eigenvalue weighted by Crippen LogP contribution is -2.06. The Morgan fingerprint density at radius 2 is 2.21 bits per heavy atom. The zero-order chi connectivity index (χ0) is 10.4. The Hall–Kier alpha value is -0.520. The van der Waals surface area contributed by atoms with Gasteiger partial charge in [0.05, 0.1) is 6.61 Å². The molecule has 6 heteroatoms. The molecule has 0 aliphatic heterocycles. The van der Waals surface area contributed by atoms with Crippen molar-refractivity contribution in [2.24, 2.45) is 0 Å². The molecule has 0 bridgehead atoms. The predicted octanol–water partition coefficient (Wildman–Crippen LogP) is 1.88. The number of rotatable bonds is 5. The smallest absolute Gasteiger partial charge is 0.218 e. The molecule has 0 fully saturated rings. The van der Waals surface area contributed by atoms with Gasteiger partial charge in [0, 0.05) is 13.2 Å². The Morgan fingerprint density at radius 3 is 2.86 bits per heavy atom. The third-order valence-corrected chi connectivity index (χ3v) is 2.11. The molecule has 1 heterocycles. The van der Waals surface area contributed by atoms with Crippen LogP contribution < -0.4 is 4.74 Å². The number of ether oxygens (including phenoxy) is 2. The second kappa shape index (κ2) is 6.06. The molecule has 1 aromatic rings. The zero-order valence-electron chi connectivity index (χ0n) is 7.99. The van der Waals surface area contributed by atoms with Crippen LogP contribution in [0.15, 0.2) is 11.2 Å². The van der Waals surface area contributed by atoms with E-state index >= 15 is 0 Å². The highest BCUT2D eigenvalue weighted by molar-refractivity contribution is 7.98. The molecule has 0 saturated heterocycles. The van der Waals surface area contributed by atoms with Crippen molar-refractivity contribution in [1.82, 2.24) is 9.97 Å². The van der Waals surface area contributed by atoms with Gasteiger partial charge in [-0.1, -0.05) is 23.4 Å². The van der Waals surface area contributed by atoms with Crippen molar-refractivity contribution in [2.45, 2.75) is 5.16 Å². The number of methoxy groups -OCH3 is 1. The molecule has 0 atom stereocenters. The van der Waals surface area contributed by atoms with E-state index in [4.69, 9.17) is 21.1 Å². The second-order valence-electron chi connectivity index (χ2n) is 2.36. The first-order chi connectivity index (χ1) is 6.76. The first-order valence-corrected chi connectivity index (χ1v) is 5.57. The van der Waals surface area contributed by atoms with Crippen LogP contribution in [0.25, 0.3) is 0 Å². The number of halogens is 1. The summed E-state index contributed by atoms with van der Waals surface area (Å²) < 4.78 is 10.1. The molecular formula is C8H11ClN2O2S. The van der Waals surface area contributed by atoms with E-state index in [2.05, 4.69) is 9.97 Å². The Kier molecular flexibility index (Phi) is 5.00. The molecule has 0 N–H and O–H groups in total. The highest BCUT2D eigenvalue weighted by Crippen LogP contribution is 2.18. The molecule has 1 aromatic heterocycles. The van der Waals surface area contributed by atoms with Gasteiger partial charge in [-0.25, -0.2) is 4.98 Å². The van der Waals surface area contributed by atoms with E-state index in [1.54, 1.807) is 13.2 Å². The quantitative estimate of drug-likeness (QED) is 0.337. The average molecular weight is 235 g/mol. The van der Waals surface area contributed by atoms with Crippen LogP contribution in [0.1, 0.15) is 0 Å². The van der Waals surface area contributed by atoms with Crippen LogP contribution in [-0.2, 0) is 4.74 Å². The van der Waals surface area contributed by atoms with Crippen molar-refractivity contribution in [3.63, 3.8) is 0 Å².